The summed E-state index contributed by atoms with van der Waals surface area (Å²) in [4.78, 5) is 15.8. The molecule has 1 aliphatic carbocycles. The van der Waals surface area contributed by atoms with Crippen LogP contribution in [-0.2, 0) is 12.8 Å². The Hall–Kier alpha value is -1.28. The van der Waals surface area contributed by atoms with E-state index in [1.165, 1.54) is 29.2 Å². The van der Waals surface area contributed by atoms with Gasteiger partial charge in [-0.3, -0.25) is 9.91 Å². The van der Waals surface area contributed by atoms with Crippen LogP contribution in [0, 0.1) is 0 Å². The molecule has 0 bridgehead atoms. The molecule has 1 saturated heterocycles. The molecule has 3 heterocycles. The molecule has 2 aromatic rings. The monoisotopic (exact) mass is 392 g/mol. The second-order valence-corrected chi connectivity index (χ2v) is 8.66. The van der Waals surface area contributed by atoms with Gasteiger partial charge in [0.15, 0.2) is 0 Å². The second-order valence-electron chi connectivity index (χ2n) is 7.22. The summed E-state index contributed by atoms with van der Waals surface area (Å²) in [6.07, 6.45) is 4.43. The maximum atomic E-state index is 6.29. The number of likely N-dealkylation sites (N-methyl/N-ethyl adjacent to an activating group) is 2. The fraction of sp³-hybridized carbons (Fsp3) is 0.611. The van der Waals surface area contributed by atoms with Crippen molar-refractivity contribution in [1.29, 1.82) is 0 Å². The van der Waals surface area contributed by atoms with Crippen molar-refractivity contribution in [2.24, 2.45) is 5.10 Å². The van der Waals surface area contributed by atoms with Gasteiger partial charge < -0.3 is 4.90 Å². The molecule has 0 spiro atoms. The van der Waals surface area contributed by atoms with E-state index in [0.29, 0.717) is 5.15 Å². The molecule has 8 heteroatoms. The van der Waals surface area contributed by atoms with E-state index in [1.54, 1.807) is 17.7 Å². The van der Waals surface area contributed by atoms with Gasteiger partial charge in [0.25, 0.3) is 0 Å². The topological polar surface area (TPSA) is 47.9 Å². The Morgan fingerprint density at radius 3 is 2.85 bits per heavy atom. The molecule has 4 rings (SSSR count). The number of rotatable bonds is 4. The molecular weight excluding hydrogens is 368 g/mol. The van der Waals surface area contributed by atoms with Gasteiger partial charge in [0.05, 0.1) is 5.39 Å². The molecule has 0 amide bonds. The maximum absolute atomic E-state index is 6.29. The van der Waals surface area contributed by atoms with Gasteiger partial charge in [0.1, 0.15) is 16.3 Å². The molecule has 0 aromatic carbocycles. The van der Waals surface area contributed by atoms with Gasteiger partial charge >= 0.3 is 0 Å². The highest BCUT2D eigenvalue weighted by Gasteiger charge is 2.22. The number of piperazine rings is 1. The number of aryl methyl sites for hydroxylation is 1. The van der Waals surface area contributed by atoms with Crippen LogP contribution in [-0.4, -0.2) is 83.9 Å². The maximum Gasteiger partial charge on any atom is 0.141 e. The Morgan fingerprint density at radius 1 is 1.23 bits per heavy atom. The predicted octanol–water partition coefficient (Wildman–Crippen LogP) is 2.37. The Kier molecular flexibility index (Phi) is 5.40. The first kappa shape index (κ1) is 18.1. The summed E-state index contributed by atoms with van der Waals surface area (Å²) < 4.78 is 0. The van der Waals surface area contributed by atoms with Crippen LogP contribution >= 0.6 is 22.9 Å². The lowest BCUT2D eigenvalue weighted by molar-refractivity contribution is 0.141. The first-order chi connectivity index (χ1) is 12.6. The fourth-order valence-electron chi connectivity index (χ4n) is 3.68. The summed E-state index contributed by atoms with van der Waals surface area (Å²) >= 11 is 8.02. The molecular formula is C18H25ClN6S. The van der Waals surface area contributed by atoms with Crippen LogP contribution in [0.25, 0.3) is 10.2 Å². The molecule has 0 radical (unpaired) electrons. The van der Waals surface area contributed by atoms with Crippen LogP contribution in [0.2, 0.25) is 5.15 Å². The van der Waals surface area contributed by atoms with Gasteiger partial charge in [-0.2, -0.15) is 5.10 Å². The number of hydrogen-bond acceptors (Lipinski definition) is 7. The summed E-state index contributed by atoms with van der Waals surface area (Å²) in [7, 11) is 4.28. The Bertz CT molecular complexity index is 811. The smallest absolute Gasteiger partial charge is 0.141 e. The molecule has 0 saturated carbocycles. The van der Waals surface area contributed by atoms with Crippen molar-refractivity contribution in [2.75, 3.05) is 53.4 Å². The van der Waals surface area contributed by atoms with Crippen LogP contribution in [0.4, 0.5) is 0 Å². The summed E-state index contributed by atoms with van der Waals surface area (Å²) in [5, 5.41) is 8.62. The Morgan fingerprint density at radius 2 is 2.04 bits per heavy atom. The van der Waals surface area contributed by atoms with Gasteiger partial charge in [-0.1, -0.05) is 11.6 Å². The quantitative estimate of drug-likeness (QED) is 0.590. The van der Waals surface area contributed by atoms with Crippen molar-refractivity contribution in [3.8, 4) is 0 Å². The third-order valence-corrected chi connectivity index (χ3v) is 6.73. The van der Waals surface area contributed by atoms with E-state index in [-0.39, 0.29) is 0 Å². The van der Waals surface area contributed by atoms with Crippen LogP contribution in [0.15, 0.2) is 11.4 Å². The minimum Gasteiger partial charge on any atom is -0.304 e. The predicted molar refractivity (Wildman–Crippen MR) is 108 cm³/mol. The first-order valence-electron chi connectivity index (χ1n) is 9.19. The van der Waals surface area contributed by atoms with Gasteiger partial charge in [-0.25, -0.2) is 9.97 Å². The van der Waals surface area contributed by atoms with E-state index in [4.69, 9.17) is 16.7 Å². The van der Waals surface area contributed by atoms with Crippen molar-refractivity contribution < 1.29 is 0 Å². The average Bonchev–Trinajstić information content (AvgIpc) is 3.00. The molecule has 26 heavy (non-hydrogen) atoms. The second kappa shape index (κ2) is 7.76. The average molecular weight is 393 g/mol. The summed E-state index contributed by atoms with van der Waals surface area (Å²) in [6.45, 7) is 6.71. The number of hydrogen-bond donors (Lipinski definition) is 0. The first-order valence-corrected chi connectivity index (χ1v) is 10.4. The van der Waals surface area contributed by atoms with E-state index in [9.17, 15) is 0 Å². The van der Waals surface area contributed by atoms with Crippen LogP contribution in [0.1, 0.15) is 16.9 Å². The van der Waals surface area contributed by atoms with Gasteiger partial charge in [-0.15, -0.1) is 11.3 Å². The SMILES string of the molecule is CN1CCN(CCN(C)/N=C2/CCc3c(sc4ncnc(Cl)c34)C2)CC1. The van der Waals surface area contributed by atoms with E-state index in [2.05, 4.69) is 38.9 Å². The lowest BCUT2D eigenvalue weighted by Gasteiger charge is -2.33. The van der Waals surface area contributed by atoms with Crippen molar-refractivity contribution in [1.82, 2.24) is 24.8 Å². The van der Waals surface area contributed by atoms with Crippen molar-refractivity contribution in [3.63, 3.8) is 0 Å². The van der Waals surface area contributed by atoms with Crippen LogP contribution in [0.3, 0.4) is 0 Å². The number of hydrazone groups is 1. The van der Waals surface area contributed by atoms with Crippen LogP contribution in [0.5, 0.6) is 0 Å². The Balaban J connectivity index is 1.38. The highest BCUT2D eigenvalue weighted by molar-refractivity contribution is 7.19. The Labute approximate surface area is 163 Å². The number of thiophene rings is 1. The largest absolute Gasteiger partial charge is 0.304 e. The molecule has 2 aliphatic rings. The zero-order chi connectivity index (χ0) is 18.1. The third-order valence-electron chi connectivity index (χ3n) is 5.30. The fourth-order valence-corrected chi connectivity index (χ4v) is 5.21. The van der Waals surface area contributed by atoms with Crippen molar-refractivity contribution in [3.05, 3.63) is 21.9 Å². The zero-order valence-corrected chi connectivity index (χ0v) is 17.0. The highest BCUT2D eigenvalue weighted by atomic mass is 35.5. The van der Waals surface area contributed by atoms with Crippen molar-refractivity contribution in [2.45, 2.75) is 19.3 Å². The van der Waals surface area contributed by atoms with E-state index >= 15 is 0 Å². The normalized spacial score (nSPS) is 20.7. The lowest BCUT2D eigenvalue weighted by atomic mass is 9.96. The minimum atomic E-state index is 0.581. The summed E-state index contributed by atoms with van der Waals surface area (Å²) in [5.41, 5.74) is 2.59. The number of aromatic nitrogens is 2. The molecule has 1 aliphatic heterocycles. The summed E-state index contributed by atoms with van der Waals surface area (Å²) in [6, 6.07) is 0. The molecule has 6 nitrogen and oxygen atoms in total. The third kappa shape index (κ3) is 3.86. The van der Waals surface area contributed by atoms with Gasteiger partial charge in [0, 0.05) is 63.3 Å². The molecule has 0 unspecified atom stereocenters. The molecule has 140 valence electrons. The highest BCUT2D eigenvalue weighted by Crippen LogP contribution is 2.37. The lowest BCUT2D eigenvalue weighted by Crippen LogP contribution is -2.46. The van der Waals surface area contributed by atoms with E-state index < -0.39 is 0 Å². The summed E-state index contributed by atoms with van der Waals surface area (Å²) in [5.74, 6) is 0. The number of nitrogens with zero attached hydrogens (tertiary/aromatic N) is 6. The molecule has 1 fully saturated rings. The minimum absolute atomic E-state index is 0.581. The molecule has 0 N–H and O–H groups in total. The zero-order valence-electron chi connectivity index (χ0n) is 15.4. The molecule has 2 aromatic heterocycles. The van der Waals surface area contributed by atoms with Crippen molar-refractivity contribution >= 4 is 38.9 Å². The van der Waals surface area contributed by atoms with E-state index in [1.807, 2.05) is 0 Å². The number of halogens is 1. The van der Waals surface area contributed by atoms with E-state index in [0.717, 1.165) is 55.7 Å². The van der Waals surface area contributed by atoms with Gasteiger partial charge in [-0.05, 0) is 25.5 Å². The van der Waals surface area contributed by atoms with Gasteiger partial charge in [0.2, 0.25) is 0 Å². The number of fused-ring (bicyclic) bond motifs is 3. The molecule has 0 atom stereocenters. The van der Waals surface area contributed by atoms with Crippen LogP contribution < -0.4 is 0 Å². The standard InChI is InChI=1S/C18H25ClN6S/c1-23-5-8-25(9-6-23)10-7-24(2)22-13-3-4-14-15(11-13)26-18-16(14)17(19)20-12-21-18/h12H,3-11H2,1-2H3/b22-13-.